The summed E-state index contributed by atoms with van der Waals surface area (Å²) in [6, 6.07) is 12.4. The minimum atomic E-state index is -1.06. The predicted molar refractivity (Wildman–Crippen MR) is 98.9 cm³/mol. The molecule has 2 N–H and O–H groups in total. The minimum absolute atomic E-state index is 0.343. The molecular formula is C20H20N4O3. The van der Waals surface area contributed by atoms with Gasteiger partial charge in [-0.2, -0.15) is 0 Å². The third-order valence-electron chi connectivity index (χ3n) is 5.11. The van der Waals surface area contributed by atoms with Gasteiger partial charge in [0.1, 0.15) is 17.9 Å². The Balaban J connectivity index is 1.55. The molecule has 1 saturated heterocycles. The van der Waals surface area contributed by atoms with Gasteiger partial charge in [-0.15, -0.1) is 0 Å². The third-order valence-corrected chi connectivity index (χ3v) is 5.11. The molecule has 0 bridgehead atoms. The fourth-order valence-electron chi connectivity index (χ4n) is 3.89. The first-order valence-corrected chi connectivity index (χ1v) is 8.96. The molecule has 27 heavy (non-hydrogen) atoms. The third kappa shape index (κ3) is 2.95. The van der Waals surface area contributed by atoms with Crippen LogP contribution < -0.4 is 10.6 Å². The van der Waals surface area contributed by atoms with E-state index in [2.05, 4.69) is 15.6 Å². The number of imide groups is 1. The molecule has 1 aliphatic heterocycles. The molecule has 1 atom stereocenters. The highest BCUT2D eigenvalue weighted by molar-refractivity contribution is 6.10. The van der Waals surface area contributed by atoms with Crippen molar-refractivity contribution in [3.8, 4) is 0 Å². The molecule has 2 aromatic rings. The van der Waals surface area contributed by atoms with E-state index in [0.717, 1.165) is 34.6 Å². The number of nitrogens with one attached hydrogen (secondary N) is 2. The average molecular weight is 364 g/mol. The van der Waals surface area contributed by atoms with Crippen molar-refractivity contribution in [2.45, 2.75) is 31.7 Å². The highest BCUT2D eigenvalue weighted by Crippen LogP contribution is 2.39. The molecule has 1 spiro atoms. The predicted octanol–water partition coefficient (Wildman–Crippen LogP) is 2.11. The minimum Gasteiger partial charge on any atom is -0.319 e. The van der Waals surface area contributed by atoms with E-state index in [0.29, 0.717) is 12.2 Å². The monoisotopic (exact) mass is 364 g/mol. The van der Waals surface area contributed by atoms with Crippen molar-refractivity contribution < 1.29 is 14.4 Å². The van der Waals surface area contributed by atoms with Gasteiger partial charge < -0.3 is 10.6 Å². The quantitative estimate of drug-likeness (QED) is 0.816. The molecule has 0 radical (unpaired) electrons. The maximum Gasteiger partial charge on any atom is 0.325 e. The van der Waals surface area contributed by atoms with Crippen LogP contribution in [0.4, 0.5) is 10.6 Å². The summed E-state index contributed by atoms with van der Waals surface area (Å²) >= 11 is 0. The number of urea groups is 1. The second kappa shape index (κ2) is 6.50. The van der Waals surface area contributed by atoms with E-state index < -0.39 is 17.5 Å². The molecule has 2 heterocycles. The Bertz CT molecular complexity index is 942. The van der Waals surface area contributed by atoms with Crippen LogP contribution in [0.2, 0.25) is 0 Å². The van der Waals surface area contributed by atoms with Gasteiger partial charge >= 0.3 is 6.03 Å². The zero-order valence-corrected chi connectivity index (χ0v) is 15.0. The first-order chi connectivity index (χ1) is 13.0. The largest absolute Gasteiger partial charge is 0.325 e. The van der Waals surface area contributed by atoms with E-state index in [-0.39, 0.29) is 12.5 Å². The van der Waals surface area contributed by atoms with E-state index >= 15 is 0 Å². The summed E-state index contributed by atoms with van der Waals surface area (Å²) < 4.78 is 0. The number of hydrogen-bond acceptors (Lipinski definition) is 4. The number of hydrogen-bond donors (Lipinski definition) is 2. The number of aryl methyl sites for hydroxylation is 2. The first-order valence-electron chi connectivity index (χ1n) is 8.96. The van der Waals surface area contributed by atoms with E-state index in [1.54, 1.807) is 12.1 Å². The van der Waals surface area contributed by atoms with Crippen LogP contribution in [0.5, 0.6) is 0 Å². The number of aromatic nitrogens is 1. The van der Waals surface area contributed by atoms with Crippen LogP contribution in [-0.2, 0) is 21.5 Å². The number of anilines is 1. The molecule has 2 aliphatic rings. The number of carbonyl (C=O) groups is 3. The molecule has 138 valence electrons. The van der Waals surface area contributed by atoms with Crippen LogP contribution in [0.1, 0.15) is 29.7 Å². The fraction of sp³-hybridized carbons (Fsp3) is 0.300. The van der Waals surface area contributed by atoms with Crippen LogP contribution in [0.15, 0.2) is 42.5 Å². The zero-order valence-electron chi connectivity index (χ0n) is 15.0. The maximum atomic E-state index is 13.1. The van der Waals surface area contributed by atoms with Crippen LogP contribution in [0, 0.1) is 6.92 Å². The Hall–Kier alpha value is -3.22. The van der Waals surface area contributed by atoms with Crippen molar-refractivity contribution in [3.63, 3.8) is 0 Å². The zero-order chi connectivity index (χ0) is 19.0. The van der Waals surface area contributed by atoms with Gasteiger partial charge in [0.15, 0.2) is 0 Å². The second-order valence-corrected chi connectivity index (χ2v) is 6.95. The van der Waals surface area contributed by atoms with Gasteiger partial charge in [0.2, 0.25) is 5.91 Å². The van der Waals surface area contributed by atoms with Crippen molar-refractivity contribution in [1.82, 2.24) is 15.2 Å². The summed E-state index contributed by atoms with van der Waals surface area (Å²) in [6.45, 7) is 1.47. The van der Waals surface area contributed by atoms with Gasteiger partial charge in [-0.1, -0.05) is 30.3 Å². The van der Waals surface area contributed by atoms with E-state index in [9.17, 15) is 14.4 Å². The average Bonchev–Trinajstić information content (AvgIpc) is 2.87. The highest BCUT2D eigenvalue weighted by Gasteiger charge is 2.54. The van der Waals surface area contributed by atoms with E-state index in [4.69, 9.17) is 0 Å². The summed E-state index contributed by atoms with van der Waals surface area (Å²) in [7, 11) is 0. The van der Waals surface area contributed by atoms with Gasteiger partial charge in [0.25, 0.3) is 5.91 Å². The number of fused-ring (bicyclic) bond motifs is 2. The summed E-state index contributed by atoms with van der Waals surface area (Å²) in [5.74, 6) is -0.436. The van der Waals surface area contributed by atoms with Crippen molar-refractivity contribution in [2.75, 3.05) is 11.9 Å². The standard InChI is InChI=1S/C20H20N4O3/c1-13-6-4-10-16(21-13)22-17(25)12-24-18(26)20(23-19(24)27)11-5-8-14-7-2-3-9-15(14)20/h2-4,6-7,9-10H,5,8,11-12H2,1H3,(H,23,27)(H,21,22,25)/t20-/m0/s1. The van der Waals surface area contributed by atoms with Gasteiger partial charge in [-0.05, 0) is 49.4 Å². The number of amides is 4. The van der Waals surface area contributed by atoms with Crippen LogP contribution in [0.25, 0.3) is 0 Å². The highest BCUT2D eigenvalue weighted by atomic mass is 16.2. The molecule has 7 heteroatoms. The van der Waals surface area contributed by atoms with Crippen LogP contribution in [0.3, 0.4) is 0 Å². The number of rotatable bonds is 3. The Morgan fingerprint density at radius 1 is 1.22 bits per heavy atom. The lowest BCUT2D eigenvalue weighted by Crippen LogP contribution is -2.47. The van der Waals surface area contributed by atoms with Crippen molar-refractivity contribution in [2.24, 2.45) is 0 Å². The number of benzene rings is 1. The molecule has 1 aromatic carbocycles. The number of carbonyl (C=O) groups excluding carboxylic acids is 3. The Morgan fingerprint density at radius 2 is 2.04 bits per heavy atom. The molecule has 7 nitrogen and oxygen atoms in total. The Morgan fingerprint density at radius 3 is 2.85 bits per heavy atom. The van der Waals surface area contributed by atoms with Gasteiger partial charge in [-0.3, -0.25) is 14.5 Å². The van der Waals surface area contributed by atoms with Gasteiger partial charge in [0, 0.05) is 5.69 Å². The summed E-state index contributed by atoms with van der Waals surface area (Å²) in [6.07, 6.45) is 2.21. The topological polar surface area (TPSA) is 91.4 Å². The molecule has 0 unspecified atom stereocenters. The van der Waals surface area contributed by atoms with Gasteiger partial charge in [-0.25, -0.2) is 9.78 Å². The molecular weight excluding hydrogens is 344 g/mol. The Kier molecular flexibility index (Phi) is 4.14. The number of pyridine rings is 1. The lowest BCUT2D eigenvalue weighted by Gasteiger charge is -2.33. The summed E-state index contributed by atoms with van der Waals surface area (Å²) in [4.78, 5) is 43.2. The smallest absolute Gasteiger partial charge is 0.319 e. The van der Waals surface area contributed by atoms with Crippen LogP contribution >= 0.6 is 0 Å². The van der Waals surface area contributed by atoms with Crippen molar-refractivity contribution in [1.29, 1.82) is 0 Å². The molecule has 1 fully saturated rings. The molecule has 1 aliphatic carbocycles. The second-order valence-electron chi connectivity index (χ2n) is 6.95. The lowest BCUT2D eigenvalue weighted by atomic mass is 9.76. The first kappa shape index (κ1) is 17.2. The fourth-order valence-corrected chi connectivity index (χ4v) is 3.89. The SMILES string of the molecule is Cc1cccc(NC(=O)CN2C(=O)N[C@]3(CCCc4ccccc43)C2=O)n1. The van der Waals surface area contributed by atoms with Crippen LogP contribution in [-0.4, -0.2) is 34.3 Å². The lowest BCUT2D eigenvalue weighted by molar-refractivity contribution is -0.134. The molecule has 0 saturated carbocycles. The van der Waals surface area contributed by atoms with E-state index in [1.165, 1.54) is 0 Å². The van der Waals surface area contributed by atoms with Crippen molar-refractivity contribution in [3.05, 3.63) is 59.3 Å². The Labute approximate surface area is 156 Å². The van der Waals surface area contributed by atoms with E-state index in [1.807, 2.05) is 37.3 Å². The summed E-state index contributed by atoms with van der Waals surface area (Å²) in [5, 5.41) is 5.48. The van der Waals surface area contributed by atoms with Gasteiger partial charge in [0.05, 0.1) is 0 Å². The van der Waals surface area contributed by atoms with Crippen molar-refractivity contribution >= 4 is 23.7 Å². The maximum absolute atomic E-state index is 13.1. The molecule has 4 rings (SSSR count). The molecule has 4 amide bonds. The number of nitrogens with zero attached hydrogens (tertiary/aromatic N) is 2. The normalized spacial score (nSPS) is 21.1. The summed E-state index contributed by atoms with van der Waals surface area (Å²) in [5.41, 5.74) is 1.60. The molecule has 1 aromatic heterocycles.